The Labute approximate surface area is 197 Å². The first kappa shape index (κ1) is 22.0. The lowest BCUT2D eigenvalue weighted by atomic mass is 9.95. The molecule has 174 valence electrons. The lowest BCUT2D eigenvalue weighted by Gasteiger charge is -2.23. The van der Waals surface area contributed by atoms with Crippen LogP contribution in [0.15, 0.2) is 51.9 Å². The van der Waals surface area contributed by atoms with Gasteiger partial charge in [-0.1, -0.05) is 48.2 Å². The molecule has 0 atom stereocenters. The van der Waals surface area contributed by atoms with Gasteiger partial charge in [0.05, 0.1) is 5.39 Å². The Kier molecular flexibility index (Phi) is 5.96. The molecule has 1 saturated carbocycles. The maximum atomic E-state index is 13.3. The van der Waals surface area contributed by atoms with Crippen LogP contribution in [0.25, 0.3) is 33.9 Å². The molecule has 1 aliphatic rings. The van der Waals surface area contributed by atoms with Gasteiger partial charge in [0.25, 0.3) is 5.89 Å². The largest absolute Gasteiger partial charge is 0.352 e. The molecule has 8 heteroatoms. The minimum atomic E-state index is -0.258. The lowest BCUT2D eigenvalue weighted by molar-refractivity contribution is -0.122. The number of hydrogen-bond acceptors (Lipinski definition) is 6. The molecule has 1 aliphatic carbocycles. The highest BCUT2D eigenvalue weighted by molar-refractivity contribution is 5.83. The minimum Gasteiger partial charge on any atom is -0.352 e. The monoisotopic (exact) mass is 457 g/mol. The van der Waals surface area contributed by atoms with Crippen molar-refractivity contribution < 1.29 is 9.32 Å². The van der Waals surface area contributed by atoms with Crippen molar-refractivity contribution in [1.82, 2.24) is 25.0 Å². The fourth-order valence-corrected chi connectivity index (χ4v) is 4.54. The van der Waals surface area contributed by atoms with E-state index in [1.807, 2.05) is 38.1 Å². The van der Waals surface area contributed by atoms with Crippen molar-refractivity contribution in [1.29, 1.82) is 0 Å². The van der Waals surface area contributed by atoms with E-state index in [0.29, 0.717) is 16.9 Å². The Morgan fingerprint density at radius 3 is 2.74 bits per heavy atom. The molecule has 3 aromatic heterocycles. The van der Waals surface area contributed by atoms with Gasteiger partial charge in [-0.05, 0) is 44.9 Å². The van der Waals surface area contributed by atoms with Crippen LogP contribution in [0.3, 0.4) is 0 Å². The van der Waals surface area contributed by atoms with Crippen LogP contribution in [-0.4, -0.2) is 31.6 Å². The Hall–Kier alpha value is -3.81. The molecule has 8 nitrogen and oxygen atoms in total. The van der Waals surface area contributed by atoms with E-state index in [9.17, 15) is 9.59 Å². The SMILES string of the molecule is Cc1cccc(-c2noc(-c3cn(CC(=O)NC4CCCCC4)c4nc(C)ccc4c3=O)n2)c1. The molecule has 1 fully saturated rings. The van der Waals surface area contributed by atoms with Crippen LogP contribution in [0.2, 0.25) is 0 Å². The zero-order chi connectivity index (χ0) is 23.7. The molecule has 1 aromatic carbocycles. The molecule has 0 unspecified atom stereocenters. The predicted octanol–water partition coefficient (Wildman–Crippen LogP) is 4.18. The number of aromatic nitrogens is 4. The summed E-state index contributed by atoms with van der Waals surface area (Å²) in [7, 11) is 0. The highest BCUT2D eigenvalue weighted by atomic mass is 16.5. The molecule has 5 rings (SSSR count). The summed E-state index contributed by atoms with van der Waals surface area (Å²) in [5.74, 6) is 0.421. The van der Waals surface area contributed by atoms with Crippen molar-refractivity contribution in [3.63, 3.8) is 0 Å². The topological polar surface area (TPSA) is 103 Å². The van der Waals surface area contributed by atoms with Crippen LogP contribution in [0, 0.1) is 13.8 Å². The average molecular weight is 458 g/mol. The van der Waals surface area contributed by atoms with E-state index < -0.39 is 0 Å². The Balaban J connectivity index is 1.53. The summed E-state index contributed by atoms with van der Waals surface area (Å²) < 4.78 is 7.19. The standard InChI is InChI=1S/C26H27N5O3/c1-16-7-6-8-18(13-16)24-29-26(34-30-24)21-14-31(15-22(32)28-19-9-4-3-5-10-19)25-20(23(21)33)12-11-17(2)27-25/h6-8,11-14,19H,3-5,9-10,15H2,1-2H3,(H,28,32). The fourth-order valence-electron chi connectivity index (χ4n) is 4.54. The van der Waals surface area contributed by atoms with Gasteiger partial charge in [-0.2, -0.15) is 4.98 Å². The summed E-state index contributed by atoms with van der Waals surface area (Å²) in [5, 5.41) is 7.62. The minimum absolute atomic E-state index is 0.0512. The third-order valence-corrected chi connectivity index (χ3v) is 6.28. The summed E-state index contributed by atoms with van der Waals surface area (Å²) >= 11 is 0. The second-order valence-corrected chi connectivity index (χ2v) is 9.02. The highest BCUT2D eigenvalue weighted by Gasteiger charge is 2.20. The molecule has 0 radical (unpaired) electrons. The number of nitrogens with one attached hydrogen (secondary N) is 1. The van der Waals surface area contributed by atoms with Crippen molar-refractivity contribution in [3.05, 3.63) is 64.1 Å². The number of hydrogen-bond donors (Lipinski definition) is 1. The molecule has 4 aromatic rings. The van der Waals surface area contributed by atoms with Crippen LogP contribution in [0.4, 0.5) is 0 Å². The van der Waals surface area contributed by atoms with Gasteiger partial charge in [0.1, 0.15) is 17.8 Å². The predicted molar refractivity (Wildman–Crippen MR) is 129 cm³/mol. The van der Waals surface area contributed by atoms with Crippen LogP contribution in [0.1, 0.15) is 43.4 Å². The third kappa shape index (κ3) is 4.48. The van der Waals surface area contributed by atoms with Crippen LogP contribution in [0.5, 0.6) is 0 Å². The highest BCUT2D eigenvalue weighted by Crippen LogP contribution is 2.23. The summed E-state index contributed by atoms with van der Waals surface area (Å²) in [6.45, 7) is 3.89. The maximum absolute atomic E-state index is 13.3. The zero-order valence-electron chi connectivity index (χ0n) is 19.4. The molecule has 0 saturated heterocycles. The van der Waals surface area contributed by atoms with E-state index in [1.54, 1.807) is 22.9 Å². The van der Waals surface area contributed by atoms with Gasteiger partial charge in [-0.3, -0.25) is 9.59 Å². The Morgan fingerprint density at radius 2 is 1.94 bits per heavy atom. The van der Waals surface area contributed by atoms with E-state index >= 15 is 0 Å². The molecule has 34 heavy (non-hydrogen) atoms. The second-order valence-electron chi connectivity index (χ2n) is 9.02. The number of pyridine rings is 2. The number of fused-ring (bicyclic) bond motifs is 1. The number of aryl methyl sites for hydroxylation is 2. The third-order valence-electron chi connectivity index (χ3n) is 6.28. The van der Waals surface area contributed by atoms with Gasteiger partial charge in [-0.15, -0.1) is 0 Å². The molecule has 0 aliphatic heterocycles. The van der Waals surface area contributed by atoms with Gasteiger partial charge >= 0.3 is 0 Å². The first-order valence-electron chi connectivity index (χ1n) is 11.7. The number of carbonyl (C=O) groups is 1. The summed E-state index contributed by atoms with van der Waals surface area (Å²) in [5.41, 5.74) is 3.09. The smallest absolute Gasteiger partial charge is 0.263 e. The normalized spacial score (nSPS) is 14.4. The average Bonchev–Trinajstić information content (AvgIpc) is 3.31. The van der Waals surface area contributed by atoms with Crippen molar-refractivity contribution in [2.24, 2.45) is 0 Å². The summed E-state index contributed by atoms with van der Waals surface area (Å²) in [4.78, 5) is 35.2. The molecule has 1 amide bonds. The lowest BCUT2D eigenvalue weighted by Crippen LogP contribution is -2.38. The van der Waals surface area contributed by atoms with E-state index in [0.717, 1.165) is 42.5 Å². The fraction of sp³-hybridized carbons (Fsp3) is 0.346. The molecule has 3 heterocycles. The summed E-state index contributed by atoms with van der Waals surface area (Å²) in [6, 6.07) is 11.5. The first-order chi connectivity index (χ1) is 16.5. The van der Waals surface area contributed by atoms with E-state index in [-0.39, 0.29) is 35.4 Å². The number of rotatable bonds is 5. The van der Waals surface area contributed by atoms with Crippen molar-refractivity contribution in [2.45, 2.75) is 58.5 Å². The number of benzene rings is 1. The van der Waals surface area contributed by atoms with Gasteiger partial charge in [-0.25, -0.2) is 4.98 Å². The van der Waals surface area contributed by atoms with E-state index in [1.165, 1.54) is 6.42 Å². The van der Waals surface area contributed by atoms with E-state index in [2.05, 4.69) is 20.4 Å². The van der Waals surface area contributed by atoms with Gasteiger partial charge in [0, 0.05) is 23.5 Å². The Bertz CT molecular complexity index is 1420. The van der Waals surface area contributed by atoms with Crippen LogP contribution < -0.4 is 10.7 Å². The van der Waals surface area contributed by atoms with E-state index in [4.69, 9.17) is 4.52 Å². The zero-order valence-corrected chi connectivity index (χ0v) is 19.4. The van der Waals surface area contributed by atoms with Crippen LogP contribution in [-0.2, 0) is 11.3 Å². The van der Waals surface area contributed by atoms with Crippen LogP contribution >= 0.6 is 0 Å². The van der Waals surface area contributed by atoms with Gasteiger partial charge in [0.15, 0.2) is 0 Å². The molecular formula is C26H27N5O3. The van der Waals surface area contributed by atoms with Crippen molar-refractivity contribution in [2.75, 3.05) is 0 Å². The number of amides is 1. The quantitative estimate of drug-likeness (QED) is 0.482. The molecule has 1 N–H and O–H groups in total. The first-order valence-corrected chi connectivity index (χ1v) is 11.7. The van der Waals surface area contributed by atoms with Gasteiger partial charge < -0.3 is 14.4 Å². The number of nitrogens with zero attached hydrogens (tertiary/aromatic N) is 4. The molecular weight excluding hydrogens is 430 g/mol. The number of carbonyl (C=O) groups excluding carboxylic acids is 1. The maximum Gasteiger partial charge on any atom is 0.263 e. The van der Waals surface area contributed by atoms with Gasteiger partial charge in [0.2, 0.25) is 17.2 Å². The summed E-state index contributed by atoms with van der Waals surface area (Å²) in [6.07, 6.45) is 7.10. The van der Waals surface area contributed by atoms with Crippen molar-refractivity contribution in [3.8, 4) is 22.8 Å². The molecule has 0 bridgehead atoms. The van der Waals surface area contributed by atoms with Crippen molar-refractivity contribution >= 4 is 16.9 Å². The second kappa shape index (κ2) is 9.21. The Morgan fingerprint density at radius 1 is 1.12 bits per heavy atom. The molecule has 0 spiro atoms.